The summed E-state index contributed by atoms with van der Waals surface area (Å²) in [4.78, 5) is 12.0. The first kappa shape index (κ1) is 14.7. The first-order chi connectivity index (χ1) is 8.38. The molecule has 18 heavy (non-hydrogen) atoms. The molecule has 5 heteroatoms. The number of unbranched alkanes of at least 4 members (excludes halogenated alkanes) is 1. The molecule has 5 nitrogen and oxygen atoms in total. The number of hydrogen-bond donors (Lipinski definition) is 2. The third-order valence-electron chi connectivity index (χ3n) is 2.81. The van der Waals surface area contributed by atoms with Crippen LogP contribution in [0, 0.1) is 6.92 Å². The molecule has 0 radical (unpaired) electrons. The summed E-state index contributed by atoms with van der Waals surface area (Å²) < 4.78 is 1.88. The van der Waals surface area contributed by atoms with Crippen LogP contribution in [0.3, 0.4) is 0 Å². The second-order valence-electron chi connectivity index (χ2n) is 5.48. The van der Waals surface area contributed by atoms with E-state index >= 15 is 0 Å². The van der Waals surface area contributed by atoms with Crippen LogP contribution in [0.4, 0.5) is 0 Å². The Morgan fingerprint density at radius 3 is 2.61 bits per heavy atom. The van der Waals surface area contributed by atoms with E-state index in [2.05, 4.69) is 31.2 Å². The van der Waals surface area contributed by atoms with Gasteiger partial charge in [-0.1, -0.05) is 0 Å². The summed E-state index contributed by atoms with van der Waals surface area (Å²) in [6.07, 6.45) is 3.48. The fourth-order valence-electron chi connectivity index (χ4n) is 1.88. The summed E-state index contributed by atoms with van der Waals surface area (Å²) in [5, 5.41) is 7.18. The van der Waals surface area contributed by atoms with Crippen molar-refractivity contribution in [1.82, 2.24) is 15.1 Å². The maximum atomic E-state index is 12.0. The van der Waals surface area contributed by atoms with Gasteiger partial charge in [-0.25, -0.2) is 0 Å². The molecule has 0 bridgehead atoms. The number of nitrogens with zero attached hydrogens (tertiary/aromatic N) is 2. The van der Waals surface area contributed by atoms with Crippen molar-refractivity contribution in [3.8, 4) is 0 Å². The summed E-state index contributed by atoms with van der Waals surface area (Å²) in [5.74, 6) is -0.0555. The van der Waals surface area contributed by atoms with Crippen molar-refractivity contribution in [2.45, 2.75) is 46.1 Å². The number of hydrogen-bond acceptors (Lipinski definition) is 3. The van der Waals surface area contributed by atoms with Gasteiger partial charge in [-0.3, -0.25) is 9.48 Å². The fraction of sp³-hybridized carbons (Fsp3) is 0.692. The highest BCUT2D eigenvalue weighted by molar-refractivity contribution is 5.95. The lowest BCUT2D eigenvalue weighted by Crippen LogP contribution is -2.27. The van der Waals surface area contributed by atoms with E-state index in [1.807, 2.05) is 11.6 Å². The van der Waals surface area contributed by atoms with Crippen LogP contribution in [0.5, 0.6) is 0 Å². The predicted molar refractivity (Wildman–Crippen MR) is 72.6 cm³/mol. The van der Waals surface area contributed by atoms with Gasteiger partial charge in [0.15, 0.2) is 0 Å². The molecule has 102 valence electrons. The highest BCUT2D eigenvalue weighted by Crippen LogP contribution is 2.18. The van der Waals surface area contributed by atoms with Crippen LogP contribution in [0.2, 0.25) is 0 Å². The highest BCUT2D eigenvalue weighted by atomic mass is 16.1. The molecule has 0 spiro atoms. The molecular formula is C13H24N4O. The molecule has 0 unspecified atom stereocenters. The van der Waals surface area contributed by atoms with E-state index < -0.39 is 0 Å². The number of rotatable bonds is 5. The van der Waals surface area contributed by atoms with Crippen LogP contribution in [0.25, 0.3) is 0 Å². The fourth-order valence-corrected chi connectivity index (χ4v) is 1.88. The number of carbonyl (C=O) groups is 1. The van der Waals surface area contributed by atoms with Crippen LogP contribution < -0.4 is 11.1 Å². The number of aromatic nitrogens is 2. The first-order valence-corrected chi connectivity index (χ1v) is 6.41. The Bertz CT molecular complexity index is 404. The molecule has 1 heterocycles. The molecule has 0 saturated heterocycles. The van der Waals surface area contributed by atoms with Crippen molar-refractivity contribution in [1.29, 1.82) is 0 Å². The van der Waals surface area contributed by atoms with Gasteiger partial charge in [0.2, 0.25) is 0 Å². The minimum Gasteiger partial charge on any atom is -0.352 e. The Hall–Kier alpha value is -1.36. The first-order valence-electron chi connectivity index (χ1n) is 6.41. The number of carbonyl (C=O) groups excluding carboxylic acids is 1. The molecule has 0 aliphatic heterocycles. The molecule has 0 aliphatic rings. The maximum Gasteiger partial charge on any atom is 0.254 e. The lowest BCUT2D eigenvalue weighted by molar-refractivity contribution is 0.0952. The van der Waals surface area contributed by atoms with Gasteiger partial charge in [-0.05, 0) is 47.1 Å². The zero-order valence-electron chi connectivity index (χ0n) is 11.8. The zero-order valence-corrected chi connectivity index (χ0v) is 11.8. The van der Waals surface area contributed by atoms with Crippen LogP contribution in [0.1, 0.15) is 49.7 Å². The largest absolute Gasteiger partial charge is 0.352 e. The normalized spacial score (nSPS) is 11.6. The molecule has 1 aromatic rings. The minimum absolute atomic E-state index is 0.0555. The van der Waals surface area contributed by atoms with Gasteiger partial charge in [0.1, 0.15) is 0 Å². The average molecular weight is 252 g/mol. The molecule has 1 amide bonds. The van der Waals surface area contributed by atoms with E-state index in [9.17, 15) is 4.79 Å². The van der Waals surface area contributed by atoms with Gasteiger partial charge in [0.25, 0.3) is 5.91 Å². The molecule has 0 fully saturated rings. The SMILES string of the molecule is Cc1c(C(=O)NCCCCN)cnn1C(C)(C)C. The third-order valence-corrected chi connectivity index (χ3v) is 2.81. The topological polar surface area (TPSA) is 72.9 Å². The Morgan fingerprint density at radius 2 is 2.11 bits per heavy atom. The Morgan fingerprint density at radius 1 is 1.44 bits per heavy atom. The second-order valence-corrected chi connectivity index (χ2v) is 5.48. The average Bonchev–Trinajstić information content (AvgIpc) is 2.66. The van der Waals surface area contributed by atoms with Gasteiger partial charge in [-0.15, -0.1) is 0 Å². The third kappa shape index (κ3) is 3.57. The highest BCUT2D eigenvalue weighted by Gasteiger charge is 2.21. The van der Waals surface area contributed by atoms with E-state index in [1.165, 1.54) is 0 Å². The quantitative estimate of drug-likeness (QED) is 0.778. The molecule has 0 atom stereocenters. The van der Waals surface area contributed by atoms with Crippen molar-refractivity contribution >= 4 is 5.91 Å². The van der Waals surface area contributed by atoms with Crippen molar-refractivity contribution in [3.05, 3.63) is 17.5 Å². The summed E-state index contributed by atoms with van der Waals surface area (Å²) in [7, 11) is 0. The Labute approximate surface area is 109 Å². The number of nitrogens with two attached hydrogens (primary N) is 1. The lowest BCUT2D eigenvalue weighted by Gasteiger charge is -2.21. The molecule has 0 aliphatic carbocycles. The monoisotopic (exact) mass is 252 g/mol. The zero-order chi connectivity index (χ0) is 13.8. The minimum atomic E-state index is -0.109. The van der Waals surface area contributed by atoms with Gasteiger partial charge >= 0.3 is 0 Å². The summed E-state index contributed by atoms with van der Waals surface area (Å²) >= 11 is 0. The van der Waals surface area contributed by atoms with Gasteiger partial charge in [-0.2, -0.15) is 5.10 Å². The summed E-state index contributed by atoms with van der Waals surface area (Å²) in [6.45, 7) is 9.45. The van der Waals surface area contributed by atoms with Crippen LogP contribution in [0.15, 0.2) is 6.20 Å². The van der Waals surface area contributed by atoms with E-state index in [0.717, 1.165) is 18.5 Å². The molecule has 1 rings (SSSR count). The van der Waals surface area contributed by atoms with E-state index in [-0.39, 0.29) is 11.4 Å². The number of amides is 1. The standard InChI is InChI=1S/C13H24N4O/c1-10-11(9-16-17(10)13(2,3)4)12(18)15-8-6-5-7-14/h9H,5-8,14H2,1-4H3,(H,15,18). The smallest absolute Gasteiger partial charge is 0.254 e. The van der Waals surface area contributed by atoms with Crippen LogP contribution in [-0.4, -0.2) is 28.8 Å². The Balaban J connectivity index is 2.67. The summed E-state index contributed by atoms with van der Waals surface area (Å²) in [5.41, 5.74) is 6.85. The molecule has 0 aromatic carbocycles. The molecular weight excluding hydrogens is 228 g/mol. The lowest BCUT2D eigenvalue weighted by atomic mass is 10.1. The number of nitrogens with one attached hydrogen (secondary N) is 1. The van der Waals surface area contributed by atoms with Crippen molar-refractivity contribution in [2.24, 2.45) is 5.73 Å². The predicted octanol–water partition coefficient (Wildman–Crippen LogP) is 1.42. The van der Waals surface area contributed by atoms with Crippen LogP contribution in [-0.2, 0) is 5.54 Å². The van der Waals surface area contributed by atoms with E-state index in [1.54, 1.807) is 6.20 Å². The van der Waals surface area contributed by atoms with E-state index in [0.29, 0.717) is 18.7 Å². The van der Waals surface area contributed by atoms with Crippen molar-refractivity contribution < 1.29 is 4.79 Å². The van der Waals surface area contributed by atoms with E-state index in [4.69, 9.17) is 5.73 Å². The second kappa shape index (κ2) is 6.00. The molecule has 1 aromatic heterocycles. The Kier molecular flexibility index (Phi) is 4.90. The summed E-state index contributed by atoms with van der Waals surface area (Å²) in [6, 6.07) is 0. The van der Waals surface area contributed by atoms with Gasteiger partial charge in [0, 0.05) is 12.2 Å². The molecule has 3 N–H and O–H groups in total. The maximum absolute atomic E-state index is 12.0. The van der Waals surface area contributed by atoms with Crippen molar-refractivity contribution in [2.75, 3.05) is 13.1 Å². The van der Waals surface area contributed by atoms with Crippen molar-refractivity contribution in [3.63, 3.8) is 0 Å². The van der Waals surface area contributed by atoms with Gasteiger partial charge in [0.05, 0.1) is 17.3 Å². The van der Waals surface area contributed by atoms with Gasteiger partial charge < -0.3 is 11.1 Å². The molecule has 0 saturated carbocycles. The van der Waals surface area contributed by atoms with Crippen LogP contribution >= 0.6 is 0 Å².